The van der Waals surface area contributed by atoms with Gasteiger partial charge in [0.1, 0.15) is 5.82 Å². The van der Waals surface area contributed by atoms with E-state index in [0.29, 0.717) is 11.6 Å². The molecule has 3 aromatic rings. The van der Waals surface area contributed by atoms with Crippen molar-refractivity contribution in [3.8, 4) is 0 Å². The number of nitrogens with one attached hydrogen (secondary N) is 2. The van der Waals surface area contributed by atoms with Gasteiger partial charge in [0, 0.05) is 18.2 Å². The lowest BCUT2D eigenvalue weighted by atomic mass is 9.93. The molecule has 0 aromatic carbocycles. The Morgan fingerprint density at radius 1 is 1.30 bits per heavy atom. The predicted molar refractivity (Wildman–Crippen MR) is 104 cm³/mol. The highest BCUT2D eigenvalue weighted by Gasteiger charge is 2.40. The summed E-state index contributed by atoms with van der Waals surface area (Å²) in [7, 11) is -3.38. The first-order chi connectivity index (χ1) is 12.7. The summed E-state index contributed by atoms with van der Waals surface area (Å²) in [6, 6.07) is 1.89. The zero-order valence-corrected chi connectivity index (χ0v) is 16.9. The zero-order valence-electron chi connectivity index (χ0n) is 16.1. The number of rotatable bonds is 4. The summed E-state index contributed by atoms with van der Waals surface area (Å²) in [6.07, 6.45) is 6.07. The molecule has 0 aliphatic heterocycles. The van der Waals surface area contributed by atoms with Gasteiger partial charge in [0.05, 0.1) is 16.5 Å². The maximum Gasteiger partial charge on any atom is 0.216 e. The first kappa shape index (κ1) is 18.4. The third-order valence-corrected chi connectivity index (χ3v) is 7.90. The molecule has 9 heteroatoms. The molecule has 1 aliphatic carbocycles. The van der Waals surface area contributed by atoms with Crippen LogP contribution in [-0.4, -0.2) is 43.8 Å². The summed E-state index contributed by atoms with van der Waals surface area (Å²) in [5.74, 6) is 1.40. The van der Waals surface area contributed by atoms with Crippen LogP contribution in [0, 0.1) is 5.92 Å². The van der Waals surface area contributed by atoms with Gasteiger partial charge in [-0.25, -0.2) is 18.1 Å². The Morgan fingerprint density at radius 3 is 2.78 bits per heavy atom. The highest BCUT2D eigenvalue weighted by Crippen LogP contribution is 2.42. The van der Waals surface area contributed by atoms with Crippen LogP contribution in [0.4, 0.5) is 0 Å². The minimum Gasteiger partial charge on any atom is -0.345 e. The van der Waals surface area contributed by atoms with Gasteiger partial charge in [-0.05, 0) is 45.6 Å². The second-order valence-electron chi connectivity index (χ2n) is 8.40. The van der Waals surface area contributed by atoms with Crippen LogP contribution in [0.25, 0.3) is 16.8 Å². The third-order valence-electron chi connectivity index (χ3n) is 5.65. The van der Waals surface area contributed by atoms with E-state index in [1.54, 1.807) is 27.0 Å². The van der Waals surface area contributed by atoms with E-state index < -0.39 is 14.8 Å². The van der Waals surface area contributed by atoms with Crippen LogP contribution >= 0.6 is 0 Å². The number of hydrogen-bond acceptors (Lipinski definition) is 5. The molecular formula is C18H26N6O2S. The second kappa shape index (κ2) is 6.27. The number of fused-ring (bicyclic) bond motifs is 3. The smallest absolute Gasteiger partial charge is 0.216 e. The Morgan fingerprint density at radius 2 is 2.07 bits per heavy atom. The summed E-state index contributed by atoms with van der Waals surface area (Å²) < 4.78 is 29.3. The van der Waals surface area contributed by atoms with E-state index in [2.05, 4.69) is 31.8 Å². The van der Waals surface area contributed by atoms with Crippen LogP contribution in [0.2, 0.25) is 0 Å². The molecule has 2 N–H and O–H groups in total. The minimum absolute atomic E-state index is 0.0833. The van der Waals surface area contributed by atoms with Gasteiger partial charge in [-0.1, -0.05) is 13.3 Å². The first-order valence-corrected chi connectivity index (χ1v) is 10.9. The molecule has 0 radical (unpaired) electrons. The maximum absolute atomic E-state index is 12.6. The maximum atomic E-state index is 12.6. The number of hydrogen-bond donors (Lipinski definition) is 2. The zero-order chi connectivity index (χ0) is 19.4. The van der Waals surface area contributed by atoms with Gasteiger partial charge in [0.2, 0.25) is 10.0 Å². The highest BCUT2D eigenvalue weighted by atomic mass is 32.2. The van der Waals surface area contributed by atoms with Crippen molar-refractivity contribution < 1.29 is 8.42 Å². The van der Waals surface area contributed by atoms with Crippen molar-refractivity contribution in [1.82, 2.24) is 29.3 Å². The number of sulfonamides is 1. The van der Waals surface area contributed by atoms with Crippen LogP contribution < -0.4 is 4.72 Å². The van der Waals surface area contributed by atoms with E-state index in [4.69, 9.17) is 0 Å². The Labute approximate surface area is 158 Å². The standard InChI is InChI=1S/C18H26N6O2S/c1-5-11-8-12(23-27(25,26)18(2,3)4)9-13(11)17-22-21-15-10-20-16-14(24(15)17)6-7-19-16/h6-7,10-13,19,23H,5,8-9H2,1-4H3/t11-,12+,13+/m1/s1. The van der Waals surface area contributed by atoms with Crippen molar-refractivity contribution in [2.45, 2.75) is 63.7 Å². The fraction of sp³-hybridized carbons (Fsp3) is 0.611. The normalized spacial score (nSPS) is 24.2. The van der Waals surface area contributed by atoms with Crippen LogP contribution in [-0.2, 0) is 10.0 Å². The van der Waals surface area contributed by atoms with Crippen LogP contribution in [0.5, 0.6) is 0 Å². The second-order valence-corrected chi connectivity index (χ2v) is 10.9. The van der Waals surface area contributed by atoms with Crippen LogP contribution in [0.1, 0.15) is 58.7 Å². The minimum atomic E-state index is -3.38. The van der Waals surface area contributed by atoms with Gasteiger partial charge < -0.3 is 4.98 Å². The molecule has 0 saturated heterocycles. The molecule has 146 valence electrons. The molecule has 1 fully saturated rings. The fourth-order valence-electron chi connectivity index (χ4n) is 4.02. The van der Waals surface area contributed by atoms with Gasteiger partial charge in [0.25, 0.3) is 0 Å². The molecule has 4 rings (SSSR count). The molecule has 27 heavy (non-hydrogen) atoms. The molecular weight excluding hydrogens is 364 g/mol. The van der Waals surface area contributed by atoms with Crippen molar-refractivity contribution in [3.05, 3.63) is 24.3 Å². The average Bonchev–Trinajstić information content (AvgIpc) is 3.29. The lowest BCUT2D eigenvalue weighted by molar-refractivity contribution is 0.448. The predicted octanol–water partition coefficient (Wildman–Crippen LogP) is 2.60. The molecule has 3 aromatic heterocycles. The highest BCUT2D eigenvalue weighted by molar-refractivity contribution is 7.90. The third kappa shape index (κ3) is 3.02. The lowest BCUT2D eigenvalue weighted by Gasteiger charge is -2.23. The van der Waals surface area contributed by atoms with E-state index in [-0.39, 0.29) is 12.0 Å². The van der Waals surface area contributed by atoms with Gasteiger partial charge in [-0.2, -0.15) is 0 Å². The molecule has 8 nitrogen and oxygen atoms in total. The largest absolute Gasteiger partial charge is 0.345 e. The average molecular weight is 391 g/mol. The summed E-state index contributed by atoms with van der Waals surface area (Å²) in [5, 5.41) is 8.77. The van der Waals surface area contributed by atoms with E-state index in [0.717, 1.165) is 36.3 Å². The lowest BCUT2D eigenvalue weighted by Crippen LogP contribution is -2.43. The Kier molecular flexibility index (Phi) is 4.27. The Hall–Kier alpha value is -2.00. The number of nitrogens with zero attached hydrogens (tertiary/aromatic N) is 4. The van der Waals surface area contributed by atoms with Crippen molar-refractivity contribution in [2.24, 2.45) is 5.92 Å². The van der Waals surface area contributed by atoms with Crippen molar-refractivity contribution in [2.75, 3.05) is 0 Å². The molecule has 0 spiro atoms. The molecule has 3 atom stereocenters. The first-order valence-electron chi connectivity index (χ1n) is 9.40. The molecule has 3 heterocycles. The molecule has 0 bridgehead atoms. The van der Waals surface area contributed by atoms with Gasteiger partial charge in [-0.15, -0.1) is 10.2 Å². The molecule has 1 aliphatic rings. The number of H-pyrrole nitrogens is 1. The van der Waals surface area contributed by atoms with E-state index in [1.807, 2.05) is 16.7 Å². The summed E-state index contributed by atoms with van der Waals surface area (Å²) in [5.41, 5.74) is 2.45. The van der Waals surface area contributed by atoms with Gasteiger partial charge in [-0.3, -0.25) is 4.40 Å². The molecule has 1 saturated carbocycles. The number of aromatic amines is 1. The number of aromatic nitrogens is 5. The topological polar surface area (TPSA) is 105 Å². The van der Waals surface area contributed by atoms with Gasteiger partial charge >= 0.3 is 0 Å². The van der Waals surface area contributed by atoms with Gasteiger partial charge in [0.15, 0.2) is 11.3 Å². The summed E-state index contributed by atoms with van der Waals surface area (Å²) in [6.45, 7) is 7.32. The van der Waals surface area contributed by atoms with Crippen molar-refractivity contribution in [3.63, 3.8) is 0 Å². The monoisotopic (exact) mass is 390 g/mol. The Bertz CT molecular complexity index is 1080. The van der Waals surface area contributed by atoms with E-state index in [9.17, 15) is 8.42 Å². The Balaban J connectivity index is 1.70. The molecule has 0 unspecified atom stereocenters. The molecule has 0 amide bonds. The fourth-order valence-corrected chi connectivity index (χ4v) is 5.01. The van der Waals surface area contributed by atoms with Crippen LogP contribution in [0.3, 0.4) is 0 Å². The summed E-state index contributed by atoms with van der Waals surface area (Å²) >= 11 is 0. The van der Waals surface area contributed by atoms with E-state index >= 15 is 0 Å². The quantitative estimate of drug-likeness (QED) is 0.712. The van der Waals surface area contributed by atoms with E-state index in [1.165, 1.54) is 0 Å². The van der Waals surface area contributed by atoms with Crippen LogP contribution in [0.15, 0.2) is 18.5 Å². The van der Waals surface area contributed by atoms with Crippen molar-refractivity contribution >= 4 is 26.8 Å². The summed E-state index contributed by atoms with van der Waals surface area (Å²) in [4.78, 5) is 7.49. The van der Waals surface area contributed by atoms with Crippen molar-refractivity contribution in [1.29, 1.82) is 0 Å². The SMILES string of the molecule is CC[C@@H]1C[C@H](NS(=O)(=O)C(C)(C)C)C[C@@H]1c1nnc2cnc3[nH]ccc3n12.